The number of aliphatic hydroxyl groups excluding tert-OH is 19. The van der Waals surface area contributed by atoms with Gasteiger partial charge in [-0.2, -0.15) is 0 Å². The minimum Gasteiger partial charge on any atom is -0.394 e. The van der Waals surface area contributed by atoms with Crippen molar-refractivity contribution in [1.82, 2.24) is 5.32 Å². The fraction of sp³-hybridized carbons (Fsp3) is 0.759. The van der Waals surface area contributed by atoms with Gasteiger partial charge in [0.25, 0.3) is 0 Å². The first-order valence-corrected chi connectivity index (χ1v) is 31.5. The van der Waals surface area contributed by atoms with E-state index in [0.29, 0.717) is 5.69 Å². The molecule has 14 aliphatic heterocycles. The van der Waals surface area contributed by atoms with E-state index in [2.05, 4.69) is 21.3 Å². The second kappa shape index (κ2) is 31.9. The van der Waals surface area contributed by atoms with E-state index in [1.54, 1.807) is 18.2 Å². The third kappa shape index (κ3) is 15.7. The van der Waals surface area contributed by atoms with Crippen LogP contribution in [0, 0.1) is 0 Å². The molecule has 546 valence electrons. The number of benzene rings is 2. The molecule has 97 heavy (non-hydrogen) atoms. The molecule has 16 rings (SSSR count). The zero-order chi connectivity index (χ0) is 69.4. The van der Waals surface area contributed by atoms with E-state index in [1.807, 2.05) is 12.1 Å². The van der Waals surface area contributed by atoms with Gasteiger partial charge in [-0.1, -0.05) is 30.3 Å². The van der Waals surface area contributed by atoms with Crippen LogP contribution in [0.2, 0.25) is 0 Å². The molecule has 0 saturated carbocycles. The third-order valence-electron chi connectivity index (χ3n) is 18.4. The van der Waals surface area contributed by atoms with Gasteiger partial charge >= 0.3 is 6.03 Å². The Labute approximate surface area is 549 Å². The van der Waals surface area contributed by atoms with Gasteiger partial charge in [0.2, 0.25) is 5.91 Å². The van der Waals surface area contributed by atoms with Crippen LogP contribution in [0.15, 0.2) is 48.5 Å². The first-order valence-electron chi connectivity index (χ1n) is 31.5. The largest absolute Gasteiger partial charge is 0.394 e. The number of hydrogen-bond acceptors (Lipinski definition) is 36. The van der Waals surface area contributed by atoms with Crippen LogP contribution in [-0.2, 0) is 77.7 Å². The summed E-state index contributed by atoms with van der Waals surface area (Å²) >= 11 is 0. The molecule has 35 atom stereocenters. The van der Waals surface area contributed by atoms with Crippen molar-refractivity contribution in [3.63, 3.8) is 0 Å². The maximum absolute atomic E-state index is 14.2. The van der Waals surface area contributed by atoms with Crippen LogP contribution in [0.1, 0.15) is 18.4 Å². The molecule has 0 radical (unpaired) electrons. The van der Waals surface area contributed by atoms with E-state index >= 15 is 0 Å². The van der Waals surface area contributed by atoms with E-state index < -0.39 is 279 Å². The third-order valence-corrected chi connectivity index (χ3v) is 18.4. The number of rotatable bonds is 8. The van der Waals surface area contributed by atoms with Crippen molar-refractivity contribution in [1.29, 1.82) is 0 Å². The lowest BCUT2D eigenvalue weighted by Gasteiger charge is -2.50. The molecule has 39 heteroatoms. The smallest absolute Gasteiger partial charge is 0.319 e. The van der Waals surface area contributed by atoms with E-state index in [-0.39, 0.29) is 17.9 Å². The van der Waals surface area contributed by atoms with E-state index in [0.717, 1.165) is 5.56 Å². The highest BCUT2D eigenvalue weighted by Gasteiger charge is 2.60. The number of aliphatic hydroxyl groups is 19. The van der Waals surface area contributed by atoms with E-state index in [1.165, 1.54) is 18.2 Å². The van der Waals surface area contributed by atoms with Gasteiger partial charge < -0.3 is 185 Å². The van der Waals surface area contributed by atoms with E-state index in [9.17, 15) is 107 Å². The zero-order valence-corrected chi connectivity index (χ0v) is 51.2. The number of hydrogen-bond donors (Lipinski definition) is 23. The summed E-state index contributed by atoms with van der Waals surface area (Å²) in [6, 6.07) is 12.3. The zero-order valence-electron chi connectivity index (χ0n) is 51.2. The Kier molecular flexibility index (Phi) is 24.3. The summed E-state index contributed by atoms with van der Waals surface area (Å²) in [5.74, 6) is -0.798. The second-order valence-electron chi connectivity index (χ2n) is 24.8. The van der Waals surface area contributed by atoms with Crippen LogP contribution in [0.5, 0.6) is 0 Å². The number of nitrogens with one attached hydrogen (secondary N) is 4. The molecule has 7 saturated heterocycles. The second-order valence-corrected chi connectivity index (χ2v) is 24.8. The van der Waals surface area contributed by atoms with Crippen molar-refractivity contribution in [3.05, 3.63) is 54.1 Å². The molecule has 7 fully saturated rings. The average molecular weight is 1400 g/mol. The predicted octanol–water partition coefficient (Wildman–Crippen LogP) is -11.0. The Morgan fingerprint density at radius 2 is 0.670 bits per heavy atom. The summed E-state index contributed by atoms with van der Waals surface area (Å²) in [6.07, 6.45) is -73.5. The molecule has 23 N–H and O–H groups in total. The lowest BCUT2D eigenvalue weighted by molar-refractivity contribution is -0.396. The lowest BCUT2D eigenvalue weighted by atomic mass is 9.93. The van der Waals surface area contributed by atoms with Crippen LogP contribution >= 0.6 is 0 Å². The van der Waals surface area contributed by atoms with Crippen molar-refractivity contribution in [2.45, 2.75) is 234 Å². The highest BCUT2D eigenvalue weighted by Crippen LogP contribution is 2.40. The summed E-state index contributed by atoms with van der Waals surface area (Å²) in [6.45, 7) is -5.97. The van der Waals surface area contributed by atoms with Gasteiger partial charge in [-0.25, -0.2) is 4.79 Å². The Balaban J connectivity index is 0.993. The standard InChI is InChI=1S/C58H84N4O35/c63-13-24-46-34(73)41(80)55(88-24)97-50-28(17-67)90-57(43(82)36(50)75)96-49-27(16-66)87-54(40(79)33(49)72)92-45-23-12-60-58(83)62-21-9-19(59-11-18-4-2-1-3-5-18)8-20(10-21)61-29(68)7-6-22-44(30(69)37(76)51(84-22)93-46)91-53-39(78)32(71)48(26(15-65)86-53)95-56-42(81)35(74)47(25(14-64)89-56)94-52(85-23)38(77)31(45)70/h1-5,8-10,22-28,30-57,59,63-67,69-82H,6-7,11-17H2,(H,61,68)(H2,60,62,83). The Bertz CT molecular complexity index is 2880. The first kappa shape index (κ1) is 73.9. The van der Waals surface area contributed by atoms with Gasteiger partial charge in [-0.05, 0) is 30.2 Å². The average Bonchev–Trinajstić information content (AvgIpc) is 0.800. The molecule has 0 aliphatic carbocycles. The molecule has 16 bridgehead atoms. The summed E-state index contributed by atoms with van der Waals surface area (Å²) in [5.41, 5.74) is 1.13. The Morgan fingerprint density at radius 3 is 1.03 bits per heavy atom. The molecular formula is C58H84N4O35. The van der Waals surface area contributed by atoms with Gasteiger partial charge in [0.15, 0.2) is 44.0 Å². The highest BCUT2D eigenvalue weighted by atomic mass is 16.8. The molecular weight excluding hydrogens is 1310 g/mol. The molecule has 39 nitrogen and oxygen atoms in total. The number of anilines is 3. The van der Waals surface area contributed by atoms with E-state index in [4.69, 9.17) is 66.3 Å². The Hall–Kier alpha value is -4.34. The topological polar surface area (TPSA) is 596 Å². The lowest BCUT2D eigenvalue weighted by Crippen LogP contribution is -2.68. The molecule has 2 aromatic carbocycles. The predicted molar refractivity (Wildman–Crippen MR) is 309 cm³/mol. The SMILES string of the molecule is O=C1CCC2OC3OC4C(CO)OC(OC5C(CO)OC(OC6C(CO)OC(OC7C(CNC(=O)Nc8cc(NCc9ccccc9)cc(c8)N1)OC(OC1C(CO)OC(OC8C(CO)OC(OC2C(O)C3O)C(O)C8O)C(O)C1O)C(O)C7O)C(O)C6O)C(O)C5O)C(O)C4O. The molecule has 0 spiro atoms. The van der Waals surface area contributed by atoms with Crippen LogP contribution < -0.4 is 21.3 Å². The quantitative estimate of drug-likeness (QED) is 0.117. The maximum Gasteiger partial charge on any atom is 0.319 e. The summed E-state index contributed by atoms with van der Waals surface area (Å²) in [5, 5.41) is 229. The molecule has 14 heterocycles. The number of urea groups is 1. The van der Waals surface area contributed by atoms with Crippen molar-refractivity contribution < 1.29 is 173 Å². The Morgan fingerprint density at radius 1 is 0.361 bits per heavy atom. The van der Waals surface area contributed by atoms with Gasteiger partial charge in [0.1, 0.15) is 165 Å². The van der Waals surface area contributed by atoms with Gasteiger partial charge in [0.05, 0.1) is 39.1 Å². The molecule has 3 amide bonds. The first-order chi connectivity index (χ1) is 46.4. The monoisotopic (exact) mass is 1400 g/mol. The number of fused-ring (bicyclic) bond motifs is 5. The summed E-state index contributed by atoms with van der Waals surface area (Å²) < 4.78 is 83.1. The normalized spacial score (nSPS) is 47.3. The number of ether oxygens (including phenoxy) is 14. The van der Waals surface area contributed by atoms with Crippen molar-refractivity contribution in [2.75, 3.05) is 55.5 Å². The fourth-order valence-electron chi connectivity index (χ4n) is 13.1. The minimum absolute atomic E-state index is 0.00630. The molecule has 14 aliphatic rings. The van der Waals surface area contributed by atoms with Crippen molar-refractivity contribution in [3.8, 4) is 0 Å². The van der Waals surface area contributed by atoms with Crippen molar-refractivity contribution in [2.24, 2.45) is 0 Å². The highest BCUT2D eigenvalue weighted by molar-refractivity contribution is 5.94. The van der Waals surface area contributed by atoms with Crippen LogP contribution in [0.3, 0.4) is 0 Å². The van der Waals surface area contributed by atoms with Crippen LogP contribution in [0.4, 0.5) is 21.9 Å². The summed E-state index contributed by atoms with van der Waals surface area (Å²) in [7, 11) is 0. The summed E-state index contributed by atoms with van der Waals surface area (Å²) in [4.78, 5) is 28.4. The van der Waals surface area contributed by atoms with Crippen LogP contribution in [0.25, 0.3) is 0 Å². The minimum atomic E-state index is -2.30. The van der Waals surface area contributed by atoms with Crippen LogP contribution in [-0.4, -0.2) is 363 Å². The van der Waals surface area contributed by atoms with Gasteiger partial charge in [0, 0.05) is 36.6 Å². The number of amides is 3. The fourth-order valence-corrected chi connectivity index (χ4v) is 13.1. The van der Waals surface area contributed by atoms with Crippen molar-refractivity contribution >= 4 is 29.0 Å². The maximum atomic E-state index is 14.2. The number of carbonyl (C=O) groups excluding carboxylic acids is 2. The molecule has 35 unspecified atom stereocenters. The molecule has 2 aromatic rings. The molecule has 0 aromatic heterocycles. The van der Waals surface area contributed by atoms with Gasteiger partial charge in [-0.15, -0.1) is 0 Å². The number of carbonyl (C=O) groups is 2. The van der Waals surface area contributed by atoms with Gasteiger partial charge in [-0.3, -0.25) is 4.79 Å².